The molecule has 0 atom stereocenters. The summed E-state index contributed by atoms with van der Waals surface area (Å²) < 4.78 is 0. The molecule has 4 rings (SSSR count). The van der Waals surface area contributed by atoms with Crippen LogP contribution < -0.4 is 5.32 Å². The third kappa shape index (κ3) is 2.92. The minimum Gasteiger partial charge on any atom is -0.345 e. The molecular formula is C21H14N4O. The molecule has 2 aromatic carbocycles. The second kappa shape index (κ2) is 6.54. The molecule has 5 nitrogen and oxygen atoms in total. The topological polar surface area (TPSA) is 81.6 Å². The number of rotatable bonds is 3. The first-order valence-electron chi connectivity index (χ1n) is 8.08. The monoisotopic (exact) mass is 338 g/mol. The molecule has 0 radical (unpaired) electrons. The second-order valence-electron chi connectivity index (χ2n) is 5.83. The van der Waals surface area contributed by atoms with E-state index in [1.165, 1.54) is 0 Å². The van der Waals surface area contributed by atoms with E-state index in [2.05, 4.69) is 21.4 Å². The van der Waals surface area contributed by atoms with Gasteiger partial charge in [0.2, 0.25) is 0 Å². The van der Waals surface area contributed by atoms with Crippen molar-refractivity contribution in [3.63, 3.8) is 0 Å². The highest BCUT2D eigenvalue weighted by Gasteiger charge is 2.08. The van der Waals surface area contributed by atoms with Gasteiger partial charge in [0.15, 0.2) is 0 Å². The van der Waals surface area contributed by atoms with Crippen LogP contribution in [0.1, 0.15) is 15.9 Å². The number of carbonyl (C=O) groups is 1. The van der Waals surface area contributed by atoms with Gasteiger partial charge in [-0.3, -0.25) is 4.79 Å². The van der Waals surface area contributed by atoms with E-state index in [4.69, 9.17) is 5.26 Å². The fourth-order valence-electron chi connectivity index (χ4n) is 2.79. The highest BCUT2D eigenvalue weighted by atomic mass is 16.1. The van der Waals surface area contributed by atoms with Crippen molar-refractivity contribution >= 4 is 22.6 Å². The third-order valence-electron chi connectivity index (χ3n) is 4.16. The van der Waals surface area contributed by atoms with Crippen molar-refractivity contribution in [2.24, 2.45) is 0 Å². The lowest BCUT2D eigenvalue weighted by atomic mass is 10.1. The summed E-state index contributed by atoms with van der Waals surface area (Å²) in [5.41, 5.74) is 4.47. The summed E-state index contributed by atoms with van der Waals surface area (Å²) >= 11 is 0. The predicted octanol–water partition coefficient (Wildman–Crippen LogP) is 4.35. The van der Waals surface area contributed by atoms with E-state index in [-0.39, 0.29) is 5.91 Å². The van der Waals surface area contributed by atoms with Crippen LogP contribution in [0.25, 0.3) is 22.2 Å². The van der Waals surface area contributed by atoms with E-state index in [0.717, 1.165) is 22.2 Å². The lowest BCUT2D eigenvalue weighted by molar-refractivity contribution is 0.102. The van der Waals surface area contributed by atoms with Crippen LogP contribution >= 0.6 is 0 Å². The Bertz CT molecular complexity index is 1120. The number of H-pyrrole nitrogens is 1. The van der Waals surface area contributed by atoms with Gasteiger partial charge in [-0.15, -0.1) is 0 Å². The molecule has 1 amide bonds. The Kier molecular flexibility index (Phi) is 3.92. The number of nitrogens with one attached hydrogen (secondary N) is 2. The molecule has 2 N–H and O–H groups in total. The smallest absolute Gasteiger partial charge is 0.255 e. The molecule has 0 bridgehead atoms. The van der Waals surface area contributed by atoms with Crippen LogP contribution in [-0.2, 0) is 0 Å². The molecule has 0 saturated heterocycles. The molecule has 0 saturated carbocycles. The summed E-state index contributed by atoms with van der Waals surface area (Å²) in [5, 5.41) is 12.8. The van der Waals surface area contributed by atoms with E-state index in [0.29, 0.717) is 16.8 Å². The van der Waals surface area contributed by atoms with Crippen LogP contribution in [-0.4, -0.2) is 15.9 Å². The number of anilines is 1. The first-order valence-corrected chi connectivity index (χ1v) is 8.08. The number of nitriles is 1. The first kappa shape index (κ1) is 15.6. The summed E-state index contributed by atoms with van der Waals surface area (Å²) in [5.74, 6) is -0.146. The maximum Gasteiger partial charge on any atom is 0.255 e. The molecule has 0 spiro atoms. The lowest BCUT2D eigenvalue weighted by Gasteiger charge is -2.07. The summed E-state index contributed by atoms with van der Waals surface area (Å²) in [4.78, 5) is 19.5. The zero-order valence-electron chi connectivity index (χ0n) is 13.7. The first-order chi connectivity index (χ1) is 12.7. The number of hydrogen-bond donors (Lipinski definition) is 2. The predicted molar refractivity (Wildman–Crippen MR) is 101 cm³/mol. The molecule has 0 fully saturated rings. The lowest BCUT2D eigenvalue weighted by Crippen LogP contribution is -2.11. The average Bonchev–Trinajstić information content (AvgIpc) is 3.11. The Hall–Kier alpha value is -3.91. The Labute approximate surface area is 149 Å². The quantitative estimate of drug-likeness (QED) is 0.582. The molecule has 0 aliphatic carbocycles. The van der Waals surface area contributed by atoms with Gasteiger partial charge in [-0.25, -0.2) is 4.98 Å². The summed E-state index contributed by atoms with van der Waals surface area (Å²) in [6, 6.07) is 20.7. The van der Waals surface area contributed by atoms with Crippen molar-refractivity contribution in [3.8, 4) is 17.2 Å². The van der Waals surface area contributed by atoms with Crippen molar-refractivity contribution in [1.82, 2.24) is 9.97 Å². The van der Waals surface area contributed by atoms with Gasteiger partial charge in [-0.1, -0.05) is 30.3 Å². The van der Waals surface area contributed by atoms with Crippen LogP contribution in [0.3, 0.4) is 0 Å². The minimum absolute atomic E-state index is 0.146. The highest BCUT2D eigenvalue weighted by Crippen LogP contribution is 2.25. The van der Waals surface area contributed by atoms with E-state index in [1.807, 2.05) is 48.5 Å². The second-order valence-corrected chi connectivity index (χ2v) is 5.83. The summed E-state index contributed by atoms with van der Waals surface area (Å²) in [7, 11) is 0. The van der Waals surface area contributed by atoms with Crippen molar-refractivity contribution in [2.45, 2.75) is 0 Å². The van der Waals surface area contributed by atoms with Crippen LogP contribution in [0, 0.1) is 11.3 Å². The molecule has 0 unspecified atom stereocenters. The van der Waals surface area contributed by atoms with E-state index in [9.17, 15) is 4.79 Å². The number of fused-ring (bicyclic) bond motifs is 1. The summed E-state index contributed by atoms with van der Waals surface area (Å²) in [6.07, 6.45) is 3.42. The molecule has 2 heterocycles. The number of aromatic nitrogens is 2. The van der Waals surface area contributed by atoms with Gasteiger partial charge < -0.3 is 10.3 Å². The molecule has 0 aliphatic rings. The molecule has 5 heteroatoms. The Balaban J connectivity index is 1.58. The Morgan fingerprint density at radius 1 is 1.04 bits per heavy atom. The zero-order valence-corrected chi connectivity index (χ0v) is 13.7. The van der Waals surface area contributed by atoms with Gasteiger partial charge in [0.1, 0.15) is 11.7 Å². The molecule has 4 aromatic rings. The standard InChI is InChI=1S/C21H14N4O/c22-11-17-13-24-20-19(17)10-16(12-23-20)14-6-8-18(9-7-14)25-21(26)15-4-2-1-3-5-15/h1-10,12-13H,(H,23,24)(H,25,26). The van der Waals surface area contributed by atoms with Gasteiger partial charge >= 0.3 is 0 Å². The van der Waals surface area contributed by atoms with E-state index >= 15 is 0 Å². The normalized spacial score (nSPS) is 10.4. The van der Waals surface area contributed by atoms with E-state index in [1.54, 1.807) is 24.5 Å². The number of carbonyl (C=O) groups excluding carboxylic acids is 1. The number of benzene rings is 2. The molecule has 124 valence electrons. The summed E-state index contributed by atoms with van der Waals surface area (Å²) in [6.45, 7) is 0. The number of nitrogens with zero attached hydrogens (tertiary/aromatic N) is 2. The fraction of sp³-hybridized carbons (Fsp3) is 0. The van der Waals surface area contributed by atoms with Crippen LogP contribution in [0.15, 0.2) is 73.1 Å². The Morgan fingerprint density at radius 3 is 2.54 bits per heavy atom. The SMILES string of the molecule is N#Cc1c[nH]c2ncc(-c3ccc(NC(=O)c4ccccc4)cc3)cc12. The molecular weight excluding hydrogens is 324 g/mol. The number of aromatic amines is 1. The molecule has 2 aromatic heterocycles. The Morgan fingerprint density at radius 2 is 1.81 bits per heavy atom. The van der Waals surface area contributed by atoms with Crippen molar-refractivity contribution in [1.29, 1.82) is 5.26 Å². The molecule has 26 heavy (non-hydrogen) atoms. The van der Waals surface area contributed by atoms with Crippen LogP contribution in [0.4, 0.5) is 5.69 Å². The van der Waals surface area contributed by atoms with Gasteiger partial charge in [0.25, 0.3) is 5.91 Å². The average molecular weight is 338 g/mol. The van der Waals surface area contributed by atoms with Crippen LogP contribution in [0.5, 0.6) is 0 Å². The van der Waals surface area contributed by atoms with Crippen molar-refractivity contribution in [3.05, 3.63) is 84.2 Å². The van der Waals surface area contributed by atoms with Gasteiger partial charge in [-0.05, 0) is 35.9 Å². The zero-order chi connectivity index (χ0) is 17.9. The number of hydrogen-bond acceptors (Lipinski definition) is 3. The maximum absolute atomic E-state index is 12.2. The maximum atomic E-state index is 12.2. The number of amides is 1. The number of pyridine rings is 1. The van der Waals surface area contributed by atoms with Crippen molar-refractivity contribution in [2.75, 3.05) is 5.32 Å². The fourth-order valence-corrected chi connectivity index (χ4v) is 2.79. The van der Waals surface area contributed by atoms with Gasteiger partial charge in [0.05, 0.1) is 5.56 Å². The minimum atomic E-state index is -0.146. The molecule has 0 aliphatic heterocycles. The van der Waals surface area contributed by atoms with Gasteiger partial charge in [0, 0.05) is 34.6 Å². The van der Waals surface area contributed by atoms with Crippen molar-refractivity contribution < 1.29 is 4.79 Å². The van der Waals surface area contributed by atoms with Gasteiger partial charge in [-0.2, -0.15) is 5.26 Å². The highest BCUT2D eigenvalue weighted by molar-refractivity contribution is 6.04. The van der Waals surface area contributed by atoms with Crippen LogP contribution in [0.2, 0.25) is 0 Å². The largest absolute Gasteiger partial charge is 0.345 e. The van der Waals surface area contributed by atoms with E-state index < -0.39 is 0 Å². The third-order valence-corrected chi connectivity index (χ3v) is 4.16.